The Morgan fingerprint density at radius 3 is 2.64 bits per heavy atom. The molecular formula is C15H22N4O3. The number of carbonyl (C=O) groups is 2. The van der Waals surface area contributed by atoms with E-state index in [9.17, 15) is 9.59 Å². The van der Waals surface area contributed by atoms with Crippen LogP contribution in [0.4, 0.5) is 16.2 Å². The minimum Gasteiger partial charge on any atom is -0.378 e. The first kappa shape index (κ1) is 16.1. The molecule has 7 nitrogen and oxygen atoms in total. The topological polar surface area (TPSA) is 82.7 Å². The first-order chi connectivity index (χ1) is 10.6. The van der Waals surface area contributed by atoms with E-state index >= 15 is 0 Å². The van der Waals surface area contributed by atoms with Crippen molar-refractivity contribution in [3.63, 3.8) is 0 Å². The van der Waals surface area contributed by atoms with Crippen LogP contribution in [0.2, 0.25) is 0 Å². The quantitative estimate of drug-likeness (QED) is 0.765. The number of amides is 3. The molecule has 22 heavy (non-hydrogen) atoms. The van der Waals surface area contributed by atoms with Crippen LogP contribution in [0, 0.1) is 6.92 Å². The fourth-order valence-electron chi connectivity index (χ4n) is 2.22. The van der Waals surface area contributed by atoms with E-state index in [1.807, 2.05) is 25.1 Å². The highest BCUT2D eigenvalue weighted by molar-refractivity contribution is 5.93. The largest absolute Gasteiger partial charge is 0.378 e. The van der Waals surface area contributed by atoms with Crippen LogP contribution in [0.25, 0.3) is 0 Å². The van der Waals surface area contributed by atoms with Gasteiger partial charge in [0.05, 0.1) is 19.8 Å². The maximum Gasteiger partial charge on any atom is 0.319 e. The Morgan fingerprint density at radius 2 is 2.00 bits per heavy atom. The third-order valence-electron chi connectivity index (χ3n) is 3.52. The van der Waals surface area contributed by atoms with Crippen molar-refractivity contribution in [3.8, 4) is 0 Å². The fraction of sp³-hybridized carbons (Fsp3) is 0.467. The number of benzene rings is 1. The molecule has 3 N–H and O–H groups in total. The van der Waals surface area contributed by atoms with Crippen LogP contribution in [-0.2, 0) is 9.53 Å². The Labute approximate surface area is 130 Å². The van der Waals surface area contributed by atoms with Gasteiger partial charge in [-0.05, 0) is 30.7 Å². The third-order valence-corrected chi connectivity index (χ3v) is 3.52. The molecule has 0 radical (unpaired) electrons. The molecule has 1 heterocycles. The van der Waals surface area contributed by atoms with Gasteiger partial charge >= 0.3 is 6.03 Å². The normalized spacial score (nSPS) is 14.4. The van der Waals surface area contributed by atoms with Gasteiger partial charge in [-0.2, -0.15) is 0 Å². The molecule has 7 heteroatoms. The molecule has 120 valence electrons. The standard InChI is InChI=1S/C15H22N4O3/c1-11-9-12(19-5-7-22-8-6-19)3-4-13(11)18-15(21)17-10-14(20)16-2/h3-4,9H,5-8,10H2,1-2H3,(H,16,20)(H2,17,18,21). The van der Waals surface area contributed by atoms with Gasteiger partial charge in [-0.25, -0.2) is 4.79 Å². The molecule has 0 saturated carbocycles. The smallest absolute Gasteiger partial charge is 0.319 e. The van der Waals surface area contributed by atoms with Gasteiger partial charge in [0.15, 0.2) is 0 Å². The van der Waals surface area contributed by atoms with E-state index in [2.05, 4.69) is 20.9 Å². The van der Waals surface area contributed by atoms with Crippen molar-refractivity contribution < 1.29 is 14.3 Å². The minimum absolute atomic E-state index is 0.0484. The average Bonchev–Trinajstić information content (AvgIpc) is 2.55. The second-order valence-electron chi connectivity index (χ2n) is 5.08. The molecule has 1 aromatic rings. The number of urea groups is 1. The molecule has 0 unspecified atom stereocenters. The second kappa shape index (κ2) is 7.65. The van der Waals surface area contributed by atoms with Crippen LogP contribution in [0.3, 0.4) is 0 Å². The van der Waals surface area contributed by atoms with E-state index in [1.165, 1.54) is 7.05 Å². The third kappa shape index (κ3) is 4.36. The molecular weight excluding hydrogens is 284 g/mol. The van der Waals surface area contributed by atoms with Crippen LogP contribution < -0.4 is 20.9 Å². The maximum atomic E-state index is 11.7. The Morgan fingerprint density at radius 1 is 1.27 bits per heavy atom. The van der Waals surface area contributed by atoms with Gasteiger partial charge in [0.25, 0.3) is 0 Å². The zero-order valence-corrected chi connectivity index (χ0v) is 12.9. The minimum atomic E-state index is -0.397. The van der Waals surface area contributed by atoms with Gasteiger partial charge in [0.2, 0.25) is 5.91 Å². The summed E-state index contributed by atoms with van der Waals surface area (Å²) in [7, 11) is 1.52. The molecule has 1 aromatic carbocycles. The predicted octanol–water partition coefficient (Wildman–Crippen LogP) is 0.699. The molecule has 0 atom stereocenters. The van der Waals surface area contributed by atoms with Crippen LogP contribution in [-0.4, -0.2) is 51.8 Å². The lowest BCUT2D eigenvalue weighted by atomic mass is 10.1. The molecule has 0 aromatic heterocycles. The van der Waals surface area contributed by atoms with Gasteiger partial charge in [-0.1, -0.05) is 0 Å². The lowest BCUT2D eigenvalue weighted by molar-refractivity contribution is -0.119. The number of nitrogens with zero attached hydrogens (tertiary/aromatic N) is 1. The zero-order chi connectivity index (χ0) is 15.9. The fourth-order valence-corrected chi connectivity index (χ4v) is 2.22. The number of hydrogen-bond donors (Lipinski definition) is 3. The average molecular weight is 306 g/mol. The summed E-state index contributed by atoms with van der Waals surface area (Å²) in [6.07, 6.45) is 0. The lowest BCUT2D eigenvalue weighted by Crippen LogP contribution is -2.37. The molecule has 0 spiro atoms. The number of anilines is 2. The molecule has 1 aliphatic rings. The van der Waals surface area contributed by atoms with Crippen molar-refractivity contribution in [2.24, 2.45) is 0 Å². The van der Waals surface area contributed by atoms with Crippen LogP contribution in [0.15, 0.2) is 18.2 Å². The summed E-state index contributed by atoms with van der Waals surface area (Å²) in [5, 5.41) is 7.69. The van der Waals surface area contributed by atoms with Gasteiger partial charge in [0, 0.05) is 31.5 Å². The molecule has 1 saturated heterocycles. The van der Waals surface area contributed by atoms with E-state index in [0.717, 1.165) is 43.2 Å². The van der Waals surface area contributed by atoms with Crippen molar-refractivity contribution >= 4 is 23.3 Å². The van der Waals surface area contributed by atoms with E-state index in [1.54, 1.807) is 0 Å². The number of hydrogen-bond acceptors (Lipinski definition) is 4. The number of ether oxygens (including phenoxy) is 1. The summed E-state index contributed by atoms with van der Waals surface area (Å²) in [6.45, 7) is 5.12. The van der Waals surface area contributed by atoms with E-state index in [0.29, 0.717) is 0 Å². The van der Waals surface area contributed by atoms with Crippen LogP contribution in [0.5, 0.6) is 0 Å². The Bertz CT molecular complexity index is 542. The number of nitrogens with one attached hydrogen (secondary N) is 3. The van der Waals surface area contributed by atoms with Crippen molar-refractivity contribution in [1.29, 1.82) is 0 Å². The highest BCUT2D eigenvalue weighted by Crippen LogP contribution is 2.23. The van der Waals surface area contributed by atoms with Crippen molar-refractivity contribution in [1.82, 2.24) is 10.6 Å². The molecule has 3 amide bonds. The number of carbonyl (C=O) groups excluding carboxylic acids is 2. The molecule has 1 aliphatic heterocycles. The Balaban J connectivity index is 1.94. The molecule has 1 fully saturated rings. The van der Waals surface area contributed by atoms with Crippen molar-refractivity contribution in [2.45, 2.75) is 6.92 Å². The van der Waals surface area contributed by atoms with E-state index in [-0.39, 0.29) is 12.5 Å². The van der Waals surface area contributed by atoms with Crippen LogP contribution >= 0.6 is 0 Å². The zero-order valence-electron chi connectivity index (χ0n) is 12.9. The summed E-state index contributed by atoms with van der Waals surface area (Å²) in [5.41, 5.74) is 2.82. The number of aryl methyl sites for hydroxylation is 1. The molecule has 0 aliphatic carbocycles. The summed E-state index contributed by atoms with van der Waals surface area (Å²) < 4.78 is 5.34. The first-order valence-electron chi connectivity index (χ1n) is 7.29. The molecule has 2 rings (SSSR count). The Kier molecular flexibility index (Phi) is 5.60. The number of morpholine rings is 1. The van der Waals surface area contributed by atoms with Gasteiger partial charge < -0.3 is 25.6 Å². The van der Waals surface area contributed by atoms with Crippen molar-refractivity contribution in [2.75, 3.05) is 50.1 Å². The van der Waals surface area contributed by atoms with Gasteiger partial charge in [-0.15, -0.1) is 0 Å². The first-order valence-corrected chi connectivity index (χ1v) is 7.29. The summed E-state index contributed by atoms with van der Waals surface area (Å²) in [6, 6.07) is 5.50. The number of likely N-dealkylation sites (N-methyl/N-ethyl adjacent to an activating group) is 1. The Hall–Kier alpha value is -2.28. The highest BCUT2D eigenvalue weighted by Gasteiger charge is 2.13. The van der Waals surface area contributed by atoms with Crippen molar-refractivity contribution in [3.05, 3.63) is 23.8 Å². The van der Waals surface area contributed by atoms with Gasteiger partial charge in [0.1, 0.15) is 0 Å². The van der Waals surface area contributed by atoms with E-state index in [4.69, 9.17) is 4.74 Å². The predicted molar refractivity (Wildman–Crippen MR) is 85.3 cm³/mol. The maximum absolute atomic E-state index is 11.7. The lowest BCUT2D eigenvalue weighted by Gasteiger charge is -2.29. The second-order valence-corrected chi connectivity index (χ2v) is 5.08. The summed E-state index contributed by atoms with van der Waals surface area (Å²) >= 11 is 0. The van der Waals surface area contributed by atoms with E-state index < -0.39 is 6.03 Å². The summed E-state index contributed by atoms with van der Waals surface area (Å²) in [5.74, 6) is -0.241. The monoisotopic (exact) mass is 306 g/mol. The highest BCUT2D eigenvalue weighted by atomic mass is 16.5. The SMILES string of the molecule is CNC(=O)CNC(=O)Nc1ccc(N2CCOCC2)cc1C. The number of rotatable bonds is 4. The summed E-state index contributed by atoms with van der Waals surface area (Å²) in [4.78, 5) is 25.1. The van der Waals surface area contributed by atoms with Gasteiger partial charge in [-0.3, -0.25) is 4.79 Å². The van der Waals surface area contributed by atoms with Crippen LogP contribution in [0.1, 0.15) is 5.56 Å². The molecule has 0 bridgehead atoms.